The van der Waals surface area contributed by atoms with E-state index >= 15 is 0 Å². The minimum absolute atomic E-state index is 0.162. The highest BCUT2D eigenvalue weighted by atomic mass is 16.2. The van der Waals surface area contributed by atoms with E-state index in [4.69, 9.17) is 0 Å². The zero-order valence-electron chi connectivity index (χ0n) is 17.7. The fourth-order valence-corrected chi connectivity index (χ4v) is 3.95. The normalized spacial score (nSPS) is 14.5. The molecule has 0 aliphatic carbocycles. The number of hydrogen-bond donors (Lipinski definition) is 2. The van der Waals surface area contributed by atoms with Gasteiger partial charge in [0.2, 0.25) is 11.8 Å². The second kappa shape index (κ2) is 10.1. The molecule has 7 heteroatoms. The molecule has 7 nitrogen and oxygen atoms in total. The van der Waals surface area contributed by atoms with E-state index in [0.717, 1.165) is 37.1 Å². The van der Waals surface area contributed by atoms with Gasteiger partial charge in [0.05, 0.1) is 0 Å². The molecule has 0 saturated carbocycles. The minimum Gasteiger partial charge on any atom is -0.369 e. The Labute approximate surface area is 182 Å². The van der Waals surface area contributed by atoms with Crippen molar-refractivity contribution in [2.45, 2.75) is 19.4 Å². The van der Waals surface area contributed by atoms with Crippen LogP contribution < -0.4 is 15.8 Å². The summed E-state index contributed by atoms with van der Waals surface area (Å²) in [6, 6.07) is 20.5. The van der Waals surface area contributed by atoms with Crippen LogP contribution in [0, 0.1) is 0 Å². The molecular formula is C24H29N5O2. The summed E-state index contributed by atoms with van der Waals surface area (Å²) in [5.41, 5.74) is 7.42. The van der Waals surface area contributed by atoms with E-state index in [1.807, 2.05) is 47.2 Å². The SMILES string of the molecule is O=C(CCN1CCN(c2ccccc2)CC1)NNC(=O)CCn1ccc2ccccc21. The lowest BCUT2D eigenvalue weighted by atomic mass is 10.2. The molecule has 1 aromatic heterocycles. The first-order valence-electron chi connectivity index (χ1n) is 10.8. The average molecular weight is 420 g/mol. The number of carbonyl (C=O) groups is 2. The number of nitrogens with one attached hydrogen (secondary N) is 2. The number of fused-ring (bicyclic) bond motifs is 1. The monoisotopic (exact) mass is 419 g/mol. The highest BCUT2D eigenvalue weighted by Gasteiger charge is 2.17. The number of benzene rings is 2. The van der Waals surface area contributed by atoms with Crippen LogP contribution in [0.2, 0.25) is 0 Å². The van der Waals surface area contributed by atoms with Gasteiger partial charge in [0.1, 0.15) is 0 Å². The molecule has 0 bridgehead atoms. The van der Waals surface area contributed by atoms with Gasteiger partial charge in [0, 0.05) is 69.5 Å². The number of aryl methyl sites for hydroxylation is 1. The van der Waals surface area contributed by atoms with Crippen LogP contribution in [0.25, 0.3) is 10.9 Å². The van der Waals surface area contributed by atoms with E-state index in [1.54, 1.807) is 0 Å². The molecule has 2 aromatic carbocycles. The number of carbonyl (C=O) groups excluding carboxylic acids is 2. The van der Waals surface area contributed by atoms with Gasteiger partial charge in [-0.2, -0.15) is 0 Å². The lowest BCUT2D eigenvalue weighted by molar-refractivity contribution is -0.129. The first-order chi connectivity index (χ1) is 15.2. The van der Waals surface area contributed by atoms with Crippen molar-refractivity contribution in [2.75, 3.05) is 37.6 Å². The number of amides is 2. The first kappa shape index (κ1) is 20.9. The Hall–Kier alpha value is -3.32. The molecule has 1 saturated heterocycles. The number of rotatable bonds is 7. The van der Waals surface area contributed by atoms with Gasteiger partial charge in [-0.1, -0.05) is 36.4 Å². The molecule has 1 aliphatic heterocycles. The van der Waals surface area contributed by atoms with Crippen LogP contribution in [0.5, 0.6) is 0 Å². The summed E-state index contributed by atoms with van der Waals surface area (Å²) in [5.74, 6) is -0.354. The number of aromatic nitrogens is 1. The molecule has 4 rings (SSSR count). The third-order valence-electron chi connectivity index (χ3n) is 5.75. The number of anilines is 1. The summed E-state index contributed by atoms with van der Waals surface area (Å²) in [6.45, 7) is 5.03. The van der Waals surface area contributed by atoms with Crippen molar-refractivity contribution in [1.29, 1.82) is 0 Å². The van der Waals surface area contributed by atoms with Gasteiger partial charge >= 0.3 is 0 Å². The molecule has 3 aromatic rings. The number of piperazine rings is 1. The smallest absolute Gasteiger partial charge is 0.240 e. The molecule has 2 amide bonds. The molecule has 162 valence electrons. The van der Waals surface area contributed by atoms with Crippen molar-refractivity contribution in [3.05, 3.63) is 66.9 Å². The standard InChI is InChI=1S/C24H29N5O2/c30-23(11-13-27-16-18-28(19-17-27)21-7-2-1-3-8-21)25-26-24(31)12-15-29-14-10-20-6-4-5-9-22(20)29/h1-10,14H,11-13,15-19H2,(H,25,30)(H,26,31). The lowest BCUT2D eigenvalue weighted by Gasteiger charge is -2.36. The van der Waals surface area contributed by atoms with E-state index in [2.05, 4.69) is 44.9 Å². The van der Waals surface area contributed by atoms with Crippen molar-refractivity contribution in [3.8, 4) is 0 Å². The van der Waals surface area contributed by atoms with E-state index in [0.29, 0.717) is 25.9 Å². The molecule has 0 radical (unpaired) electrons. The van der Waals surface area contributed by atoms with Gasteiger partial charge in [0.25, 0.3) is 0 Å². The number of para-hydroxylation sites is 2. The maximum Gasteiger partial charge on any atom is 0.240 e. The maximum atomic E-state index is 12.1. The van der Waals surface area contributed by atoms with Crippen LogP contribution in [-0.4, -0.2) is 54.0 Å². The average Bonchev–Trinajstić information content (AvgIpc) is 3.24. The maximum absolute atomic E-state index is 12.1. The molecule has 2 N–H and O–H groups in total. The Kier molecular flexibility index (Phi) is 6.84. The second-order valence-electron chi connectivity index (χ2n) is 7.83. The number of hydrazine groups is 1. The first-order valence-corrected chi connectivity index (χ1v) is 10.8. The highest BCUT2D eigenvalue weighted by molar-refractivity contribution is 5.82. The van der Waals surface area contributed by atoms with Crippen LogP contribution in [0.1, 0.15) is 12.8 Å². The lowest BCUT2D eigenvalue weighted by Crippen LogP contribution is -2.48. The van der Waals surface area contributed by atoms with Crippen molar-refractivity contribution in [1.82, 2.24) is 20.3 Å². The van der Waals surface area contributed by atoms with Gasteiger partial charge < -0.3 is 9.47 Å². The Morgan fingerprint density at radius 3 is 2.13 bits per heavy atom. The Bertz CT molecular complexity index is 1010. The zero-order valence-corrected chi connectivity index (χ0v) is 17.7. The second-order valence-corrected chi connectivity index (χ2v) is 7.83. The van der Waals surface area contributed by atoms with Crippen molar-refractivity contribution in [2.24, 2.45) is 0 Å². The summed E-state index contributed by atoms with van der Waals surface area (Å²) in [4.78, 5) is 28.9. The molecule has 0 unspecified atom stereocenters. The number of nitrogens with zero attached hydrogens (tertiary/aromatic N) is 3. The number of hydrogen-bond acceptors (Lipinski definition) is 4. The van der Waals surface area contributed by atoms with E-state index < -0.39 is 0 Å². The fourth-order valence-electron chi connectivity index (χ4n) is 3.95. The largest absolute Gasteiger partial charge is 0.369 e. The van der Waals surface area contributed by atoms with Gasteiger partial charge in [0.15, 0.2) is 0 Å². The van der Waals surface area contributed by atoms with Gasteiger partial charge in [-0.3, -0.25) is 25.3 Å². The van der Waals surface area contributed by atoms with Gasteiger partial charge in [-0.25, -0.2) is 0 Å². The molecule has 1 fully saturated rings. The quantitative estimate of drug-likeness (QED) is 0.577. The summed E-state index contributed by atoms with van der Waals surface area (Å²) in [6.07, 6.45) is 2.66. The fraction of sp³-hybridized carbons (Fsp3) is 0.333. The molecule has 1 aliphatic rings. The van der Waals surface area contributed by atoms with Crippen LogP contribution >= 0.6 is 0 Å². The van der Waals surface area contributed by atoms with E-state index in [-0.39, 0.29) is 11.8 Å². The molecule has 0 atom stereocenters. The van der Waals surface area contributed by atoms with Crippen molar-refractivity contribution in [3.63, 3.8) is 0 Å². The Balaban J connectivity index is 1.12. The van der Waals surface area contributed by atoms with Crippen LogP contribution in [-0.2, 0) is 16.1 Å². The highest BCUT2D eigenvalue weighted by Crippen LogP contribution is 2.16. The van der Waals surface area contributed by atoms with Crippen molar-refractivity contribution >= 4 is 28.4 Å². The molecular weight excluding hydrogens is 390 g/mol. The predicted molar refractivity (Wildman–Crippen MR) is 123 cm³/mol. The molecule has 31 heavy (non-hydrogen) atoms. The van der Waals surface area contributed by atoms with Crippen molar-refractivity contribution < 1.29 is 9.59 Å². The van der Waals surface area contributed by atoms with E-state index in [9.17, 15) is 9.59 Å². The van der Waals surface area contributed by atoms with Crippen LogP contribution in [0.4, 0.5) is 5.69 Å². The summed E-state index contributed by atoms with van der Waals surface area (Å²) >= 11 is 0. The molecule has 2 heterocycles. The van der Waals surface area contributed by atoms with Crippen LogP contribution in [0.15, 0.2) is 66.9 Å². The summed E-state index contributed by atoms with van der Waals surface area (Å²) in [7, 11) is 0. The van der Waals surface area contributed by atoms with Gasteiger partial charge in [-0.05, 0) is 29.7 Å². The third-order valence-corrected chi connectivity index (χ3v) is 5.75. The topological polar surface area (TPSA) is 69.6 Å². The zero-order chi connectivity index (χ0) is 21.5. The summed E-state index contributed by atoms with van der Waals surface area (Å²) < 4.78 is 2.05. The summed E-state index contributed by atoms with van der Waals surface area (Å²) in [5, 5.41) is 1.15. The van der Waals surface area contributed by atoms with Crippen LogP contribution in [0.3, 0.4) is 0 Å². The third kappa shape index (κ3) is 5.64. The van der Waals surface area contributed by atoms with Gasteiger partial charge in [-0.15, -0.1) is 0 Å². The minimum atomic E-state index is -0.192. The Morgan fingerprint density at radius 2 is 1.39 bits per heavy atom. The molecule has 0 spiro atoms. The predicted octanol–water partition coefficient (Wildman–Crippen LogP) is 2.39. The van der Waals surface area contributed by atoms with E-state index in [1.165, 1.54) is 5.69 Å². The Morgan fingerprint density at radius 1 is 0.742 bits per heavy atom.